The Kier molecular flexibility index (Phi) is 7.87. The number of rotatable bonds is 9. The molecule has 0 atom stereocenters. The molecule has 2 heteroatoms. The summed E-state index contributed by atoms with van der Waals surface area (Å²) in [6, 6.07) is 0. The Bertz CT molecular complexity index is 176. The molecule has 1 fully saturated rings. The normalized spacial score (nSPS) is 19.4. The summed E-state index contributed by atoms with van der Waals surface area (Å²) in [6.45, 7) is 8.63. The SMILES string of the molecule is CCCCOCCC1(CNCC)CCCCC1. The maximum absolute atomic E-state index is 5.75. The molecule has 0 aromatic carbocycles. The van der Waals surface area contributed by atoms with Gasteiger partial charge in [0.2, 0.25) is 0 Å². The highest BCUT2D eigenvalue weighted by atomic mass is 16.5. The standard InChI is InChI=1S/C15H31NO/c1-3-5-12-17-13-11-15(14-16-4-2)9-7-6-8-10-15/h16H,3-14H2,1-2H3. The molecule has 102 valence electrons. The molecule has 0 saturated heterocycles. The number of hydrogen-bond acceptors (Lipinski definition) is 2. The van der Waals surface area contributed by atoms with Crippen LogP contribution in [0.2, 0.25) is 0 Å². The van der Waals surface area contributed by atoms with Crippen molar-refractivity contribution in [1.82, 2.24) is 5.32 Å². The van der Waals surface area contributed by atoms with E-state index in [2.05, 4.69) is 19.2 Å². The Labute approximate surface area is 108 Å². The van der Waals surface area contributed by atoms with Crippen molar-refractivity contribution in [1.29, 1.82) is 0 Å². The zero-order valence-corrected chi connectivity index (χ0v) is 11.9. The first-order valence-electron chi connectivity index (χ1n) is 7.61. The summed E-state index contributed by atoms with van der Waals surface area (Å²) >= 11 is 0. The molecule has 0 heterocycles. The largest absolute Gasteiger partial charge is 0.381 e. The van der Waals surface area contributed by atoms with Gasteiger partial charge in [-0.05, 0) is 37.6 Å². The van der Waals surface area contributed by atoms with Crippen molar-refractivity contribution in [2.24, 2.45) is 5.41 Å². The molecule has 2 nitrogen and oxygen atoms in total. The van der Waals surface area contributed by atoms with E-state index in [0.717, 1.165) is 19.8 Å². The van der Waals surface area contributed by atoms with Crippen LogP contribution in [0, 0.1) is 5.41 Å². The monoisotopic (exact) mass is 241 g/mol. The van der Waals surface area contributed by atoms with Crippen LogP contribution in [0.25, 0.3) is 0 Å². The van der Waals surface area contributed by atoms with E-state index >= 15 is 0 Å². The van der Waals surface area contributed by atoms with Crippen LogP contribution in [0.15, 0.2) is 0 Å². The maximum Gasteiger partial charge on any atom is 0.0471 e. The van der Waals surface area contributed by atoms with E-state index in [1.54, 1.807) is 0 Å². The van der Waals surface area contributed by atoms with Crippen LogP contribution < -0.4 is 5.32 Å². The molecule has 0 bridgehead atoms. The molecule has 1 aliphatic carbocycles. The van der Waals surface area contributed by atoms with Crippen molar-refractivity contribution in [2.45, 2.75) is 65.2 Å². The second-order valence-corrected chi connectivity index (χ2v) is 5.56. The van der Waals surface area contributed by atoms with Crippen LogP contribution in [0.5, 0.6) is 0 Å². The molecule has 0 radical (unpaired) electrons. The van der Waals surface area contributed by atoms with Gasteiger partial charge in [-0.25, -0.2) is 0 Å². The Morgan fingerprint density at radius 2 is 1.82 bits per heavy atom. The van der Waals surface area contributed by atoms with Gasteiger partial charge in [0.25, 0.3) is 0 Å². The van der Waals surface area contributed by atoms with Gasteiger partial charge in [0, 0.05) is 19.8 Å². The summed E-state index contributed by atoms with van der Waals surface area (Å²) in [5.41, 5.74) is 0.542. The molecule has 1 aliphatic rings. The Balaban J connectivity index is 2.24. The molecule has 0 aromatic rings. The average molecular weight is 241 g/mol. The Morgan fingerprint density at radius 1 is 1.06 bits per heavy atom. The lowest BCUT2D eigenvalue weighted by Crippen LogP contribution is -2.37. The van der Waals surface area contributed by atoms with Gasteiger partial charge in [-0.2, -0.15) is 0 Å². The first-order chi connectivity index (χ1) is 8.33. The van der Waals surface area contributed by atoms with Crippen LogP contribution in [0.1, 0.15) is 65.2 Å². The molecule has 0 unspecified atom stereocenters. The van der Waals surface area contributed by atoms with Gasteiger partial charge in [-0.3, -0.25) is 0 Å². The highest BCUT2D eigenvalue weighted by Crippen LogP contribution is 2.38. The van der Waals surface area contributed by atoms with E-state index in [1.807, 2.05) is 0 Å². The smallest absolute Gasteiger partial charge is 0.0471 e. The van der Waals surface area contributed by atoms with Crippen molar-refractivity contribution in [3.8, 4) is 0 Å². The van der Waals surface area contributed by atoms with E-state index in [0.29, 0.717) is 5.41 Å². The van der Waals surface area contributed by atoms with Gasteiger partial charge in [0.15, 0.2) is 0 Å². The minimum Gasteiger partial charge on any atom is -0.381 e. The third-order valence-corrected chi connectivity index (χ3v) is 4.08. The molecular formula is C15H31NO. The quantitative estimate of drug-likeness (QED) is 0.621. The second kappa shape index (κ2) is 8.93. The fourth-order valence-corrected chi connectivity index (χ4v) is 2.84. The van der Waals surface area contributed by atoms with Crippen molar-refractivity contribution in [2.75, 3.05) is 26.3 Å². The van der Waals surface area contributed by atoms with Crippen LogP contribution in [0.4, 0.5) is 0 Å². The van der Waals surface area contributed by atoms with E-state index < -0.39 is 0 Å². The van der Waals surface area contributed by atoms with Crippen molar-refractivity contribution >= 4 is 0 Å². The molecule has 1 rings (SSSR count). The number of nitrogens with one attached hydrogen (secondary N) is 1. The summed E-state index contributed by atoms with van der Waals surface area (Å²) in [4.78, 5) is 0. The lowest BCUT2D eigenvalue weighted by Gasteiger charge is -2.37. The first kappa shape index (κ1) is 15.0. The molecule has 1 saturated carbocycles. The van der Waals surface area contributed by atoms with E-state index in [9.17, 15) is 0 Å². The molecular weight excluding hydrogens is 210 g/mol. The van der Waals surface area contributed by atoms with Gasteiger partial charge in [0.05, 0.1) is 0 Å². The van der Waals surface area contributed by atoms with Crippen molar-refractivity contribution in [3.05, 3.63) is 0 Å². The number of unbranched alkanes of at least 4 members (excludes halogenated alkanes) is 1. The minimum absolute atomic E-state index is 0.542. The van der Waals surface area contributed by atoms with Crippen molar-refractivity contribution < 1.29 is 4.74 Å². The average Bonchev–Trinajstić information content (AvgIpc) is 2.37. The summed E-state index contributed by atoms with van der Waals surface area (Å²) in [5, 5.41) is 3.56. The van der Waals surface area contributed by atoms with E-state index in [-0.39, 0.29) is 0 Å². The van der Waals surface area contributed by atoms with E-state index in [4.69, 9.17) is 4.74 Å². The predicted molar refractivity (Wildman–Crippen MR) is 74.4 cm³/mol. The third kappa shape index (κ3) is 5.87. The number of ether oxygens (including phenoxy) is 1. The van der Waals surface area contributed by atoms with Crippen LogP contribution >= 0.6 is 0 Å². The third-order valence-electron chi connectivity index (χ3n) is 4.08. The zero-order chi connectivity index (χ0) is 12.4. The zero-order valence-electron chi connectivity index (χ0n) is 11.9. The lowest BCUT2D eigenvalue weighted by atomic mass is 9.72. The highest BCUT2D eigenvalue weighted by molar-refractivity contribution is 4.84. The maximum atomic E-state index is 5.75. The second-order valence-electron chi connectivity index (χ2n) is 5.56. The topological polar surface area (TPSA) is 21.3 Å². The lowest BCUT2D eigenvalue weighted by molar-refractivity contribution is 0.0718. The molecule has 0 aromatic heterocycles. The van der Waals surface area contributed by atoms with Gasteiger partial charge < -0.3 is 10.1 Å². The molecule has 0 amide bonds. The fourth-order valence-electron chi connectivity index (χ4n) is 2.84. The summed E-state index contributed by atoms with van der Waals surface area (Å²) in [5.74, 6) is 0. The van der Waals surface area contributed by atoms with Crippen LogP contribution in [0.3, 0.4) is 0 Å². The van der Waals surface area contributed by atoms with Crippen molar-refractivity contribution in [3.63, 3.8) is 0 Å². The fraction of sp³-hybridized carbons (Fsp3) is 1.00. The molecule has 0 aliphatic heterocycles. The molecule has 0 spiro atoms. The van der Waals surface area contributed by atoms with Crippen LogP contribution in [-0.2, 0) is 4.74 Å². The summed E-state index contributed by atoms with van der Waals surface area (Å²) in [7, 11) is 0. The summed E-state index contributed by atoms with van der Waals surface area (Å²) in [6.07, 6.45) is 10.8. The molecule has 1 N–H and O–H groups in total. The van der Waals surface area contributed by atoms with Gasteiger partial charge in [-0.1, -0.05) is 39.5 Å². The first-order valence-corrected chi connectivity index (χ1v) is 7.61. The summed E-state index contributed by atoms with van der Waals surface area (Å²) < 4.78 is 5.75. The number of hydrogen-bond donors (Lipinski definition) is 1. The van der Waals surface area contributed by atoms with Gasteiger partial charge in [-0.15, -0.1) is 0 Å². The van der Waals surface area contributed by atoms with Gasteiger partial charge in [0.1, 0.15) is 0 Å². The van der Waals surface area contributed by atoms with E-state index in [1.165, 1.54) is 57.9 Å². The Hall–Kier alpha value is -0.0800. The predicted octanol–water partition coefficient (Wildman–Crippen LogP) is 3.75. The highest BCUT2D eigenvalue weighted by Gasteiger charge is 2.30. The van der Waals surface area contributed by atoms with Crippen LogP contribution in [-0.4, -0.2) is 26.3 Å². The molecule has 17 heavy (non-hydrogen) atoms. The minimum atomic E-state index is 0.542. The van der Waals surface area contributed by atoms with Gasteiger partial charge >= 0.3 is 0 Å². The Morgan fingerprint density at radius 3 is 2.47 bits per heavy atom.